The van der Waals surface area contributed by atoms with Gasteiger partial charge >= 0.3 is 6.18 Å². The Morgan fingerprint density at radius 1 is 1.13 bits per heavy atom. The monoisotopic (exact) mass is 342 g/mol. The molecule has 130 valence electrons. The molecule has 1 saturated heterocycles. The molecular weight excluding hydrogens is 326 g/mol. The van der Waals surface area contributed by atoms with Gasteiger partial charge in [0.1, 0.15) is 18.5 Å². The highest BCUT2D eigenvalue weighted by Gasteiger charge is 2.48. The molecule has 1 aromatic rings. The summed E-state index contributed by atoms with van der Waals surface area (Å²) in [5.74, 6) is -5.45. The quantitative estimate of drug-likeness (QED) is 0.825. The lowest BCUT2D eigenvalue weighted by molar-refractivity contribution is -0.147. The molecule has 3 nitrogen and oxygen atoms in total. The van der Waals surface area contributed by atoms with Gasteiger partial charge in [-0.15, -0.1) is 0 Å². The molecule has 1 aliphatic heterocycles. The van der Waals surface area contributed by atoms with Crippen molar-refractivity contribution in [2.75, 3.05) is 32.8 Å². The fraction of sp³-hybridized carbons (Fsp3) is 0.571. The number of nitrogens with one attached hydrogen (secondary N) is 1. The van der Waals surface area contributed by atoms with Crippen LogP contribution in [0.4, 0.5) is 26.3 Å². The van der Waals surface area contributed by atoms with E-state index in [9.17, 15) is 26.3 Å². The van der Waals surface area contributed by atoms with E-state index in [-0.39, 0.29) is 13.1 Å². The average Bonchev–Trinajstić information content (AvgIpc) is 2.47. The highest BCUT2D eigenvalue weighted by atomic mass is 19.4. The first-order chi connectivity index (χ1) is 10.7. The smallest absolute Gasteiger partial charge is 0.390 e. The van der Waals surface area contributed by atoms with Crippen LogP contribution in [0.2, 0.25) is 0 Å². The first-order valence-electron chi connectivity index (χ1n) is 6.97. The van der Waals surface area contributed by atoms with Crippen molar-refractivity contribution < 1.29 is 31.4 Å². The molecule has 2 rings (SSSR count). The fourth-order valence-corrected chi connectivity index (χ4v) is 2.79. The standard InChI is InChI=1S/C14H16F6N2O/c15-10-3-1-2-9(11(10)14(18,19)20)12(13(16,17)8-23)22-6-4-21-5-7-22/h1-3,12,21,23H,4-8H2/t12-/m1/s1. The van der Waals surface area contributed by atoms with Gasteiger partial charge in [-0.1, -0.05) is 12.1 Å². The van der Waals surface area contributed by atoms with E-state index in [0.717, 1.165) is 17.0 Å². The number of benzene rings is 1. The summed E-state index contributed by atoms with van der Waals surface area (Å²) in [6, 6.07) is 0.324. The molecule has 1 aliphatic rings. The first kappa shape index (κ1) is 18.0. The van der Waals surface area contributed by atoms with E-state index in [1.165, 1.54) is 0 Å². The third-order valence-electron chi connectivity index (χ3n) is 3.75. The number of hydrogen-bond donors (Lipinski definition) is 2. The van der Waals surface area contributed by atoms with Gasteiger partial charge in [-0.2, -0.15) is 13.2 Å². The van der Waals surface area contributed by atoms with Crippen LogP contribution >= 0.6 is 0 Å². The molecule has 0 saturated carbocycles. The molecule has 2 N–H and O–H groups in total. The summed E-state index contributed by atoms with van der Waals surface area (Å²) >= 11 is 0. The molecule has 23 heavy (non-hydrogen) atoms. The van der Waals surface area contributed by atoms with Gasteiger partial charge in [-0.3, -0.25) is 4.90 Å². The van der Waals surface area contributed by atoms with E-state index in [1.807, 2.05) is 0 Å². The Kier molecular flexibility index (Phi) is 5.22. The molecule has 1 aromatic carbocycles. The zero-order chi connectivity index (χ0) is 17.3. The largest absolute Gasteiger partial charge is 0.419 e. The van der Waals surface area contributed by atoms with Crippen LogP contribution in [-0.2, 0) is 6.18 Å². The first-order valence-corrected chi connectivity index (χ1v) is 6.97. The highest BCUT2D eigenvalue weighted by molar-refractivity contribution is 5.35. The molecule has 0 aromatic heterocycles. The third-order valence-corrected chi connectivity index (χ3v) is 3.75. The lowest BCUT2D eigenvalue weighted by atomic mass is 9.93. The average molecular weight is 342 g/mol. The summed E-state index contributed by atoms with van der Waals surface area (Å²) in [4.78, 5) is 1.14. The number of halogens is 6. The summed E-state index contributed by atoms with van der Waals surface area (Å²) in [6.07, 6.45) is -5.11. The maximum absolute atomic E-state index is 14.2. The Morgan fingerprint density at radius 2 is 1.74 bits per heavy atom. The van der Waals surface area contributed by atoms with Crippen LogP contribution in [-0.4, -0.2) is 48.7 Å². The van der Waals surface area contributed by atoms with Crippen LogP contribution < -0.4 is 5.32 Å². The van der Waals surface area contributed by atoms with Crippen LogP contribution in [0, 0.1) is 5.82 Å². The van der Waals surface area contributed by atoms with Crippen LogP contribution in [0.15, 0.2) is 18.2 Å². The minimum Gasteiger partial charge on any atom is -0.390 e. The van der Waals surface area contributed by atoms with Gasteiger partial charge in [0.05, 0.1) is 5.56 Å². The topological polar surface area (TPSA) is 35.5 Å². The van der Waals surface area contributed by atoms with Crippen LogP contribution in [0.3, 0.4) is 0 Å². The van der Waals surface area contributed by atoms with E-state index in [2.05, 4.69) is 5.32 Å². The zero-order valence-corrected chi connectivity index (χ0v) is 12.0. The van der Waals surface area contributed by atoms with Gasteiger partial charge < -0.3 is 10.4 Å². The van der Waals surface area contributed by atoms with E-state index in [4.69, 9.17) is 5.11 Å². The van der Waals surface area contributed by atoms with E-state index < -0.39 is 41.7 Å². The number of aliphatic hydroxyl groups excluding tert-OH is 1. The summed E-state index contributed by atoms with van der Waals surface area (Å²) in [7, 11) is 0. The van der Waals surface area contributed by atoms with Gasteiger partial charge in [-0.25, -0.2) is 13.2 Å². The normalized spacial score (nSPS) is 18.9. The predicted octanol–water partition coefficient (Wildman–Crippen LogP) is 2.42. The van der Waals surface area contributed by atoms with Crippen LogP contribution in [0.1, 0.15) is 17.2 Å². The lowest BCUT2D eigenvalue weighted by Gasteiger charge is -2.39. The Bertz CT molecular complexity index is 543. The Labute approximate surface area is 128 Å². The Balaban J connectivity index is 2.58. The van der Waals surface area contributed by atoms with Crippen molar-refractivity contribution in [1.82, 2.24) is 10.2 Å². The second kappa shape index (κ2) is 6.66. The molecule has 1 heterocycles. The molecule has 9 heteroatoms. The number of alkyl halides is 5. The Hall–Kier alpha value is -1.32. The van der Waals surface area contributed by atoms with E-state index in [1.54, 1.807) is 0 Å². The molecule has 1 atom stereocenters. The van der Waals surface area contributed by atoms with Crippen LogP contribution in [0.25, 0.3) is 0 Å². The number of rotatable bonds is 4. The molecule has 0 amide bonds. The van der Waals surface area contributed by atoms with E-state index in [0.29, 0.717) is 19.2 Å². The molecular formula is C14H16F6N2O. The number of hydrogen-bond acceptors (Lipinski definition) is 3. The lowest BCUT2D eigenvalue weighted by Crippen LogP contribution is -2.51. The second-order valence-electron chi connectivity index (χ2n) is 5.31. The SMILES string of the molecule is OCC(F)(F)[C@@H](c1cccc(F)c1C(F)(F)F)N1CCNCC1. The van der Waals surface area contributed by atoms with Gasteiger partial charge in [-0.05, 0) is 11.6 Å². The van der Waals surface area contributed by atoms with Crippen molar-refractivity contribution in [1.29, 1.82) is 0 Å². The van der Waals surface area contributed by atoms with Gasteiger partial charge in [0.2, 0.25) is 0 Å². The van der Waals surface area contributed by atoms with Crippen molar-refractivity contribution in [3.63, 3.8) is 0 Å². The summed E-state index contributed by atoms with van der Waals surface area (Å²) in [6.45, 7) is -0.874. The van der Waals surface area contributed by atoms with Crippen molar-refractivity contribution >= 4 is 0 Å². The molecule has 0 aliphatic carbocycles. The predicted molar refractivity (Wildman–Crippen MR) is 70.6 cm³/mol. The van der Waals surface area contributed by atoms with Gasteiger partial charge in [0, 0.05) is 26.2 Å². The van der Waals surface area contributed by atoms with Crippen LogP contribution in [0.5, 0.6) is 0 Å². The van der Waals surface area contributed by atoms with Gasteiger partial charge in [0.25, 0.3) is 5.92 Å². The van der Waals surface area contributed by atoms with Crippen molar-refractivity contribution in [3.05, 3.63) is 35.1 Å². The number of aliphatic hydroxyl groups is 1. The minimum atomic E-state index is -5.11. The molecule has 0 unspecified atom stereocenters. The van der Waals surface area contributed by atoms with Crippen molar-refractivity contribution in [2.45, 2.75) is 18.1 Å². The molecule has 1 fully saturated rings. The molecule has 0 spiro atoms. The number of nitrogens with zero attached hydrogens (tertiary/aromatic N) is 1. The summed E-state index contributed by atoms with van der Waals surface area (Å²) in [5, 5.41) is 11.9. The van der Waals surface area contributed by atoms with Gasteiger partial charge in [0.15, 0.2) is 0 Å². The zero-order valence-electron chi connectivity index (χ0n) is 12.0. The Morgan fingerprint density at radius 3 is 2.26 bits per heavy atom. The minimum absolute atomic E-state index is 0.0636. The van der Waals surface area contributed by atoms with Crippen molar-refractivity contribution in [3.8, 4) is 0 Å². The highest BCUT2D eigenvalue weighted by Crippen LogP contribution is 2.43. The fourth-order valence-electron chi connectivity index (χ4n) is 2.79. The maximum atomic E-state index is 14.2. The third kappa shape index (κ3) is 3.78. The molecule has 0 radical (unpaired) electrons. The number of piperazine rings is 1. The molecule has 0 bridgehead atoms. The van der Waals surface area contributed by atoms with E-state index >= 15 is 0 Å². The maximum Gasteiger partial charge on any atom is 0.419 e. The second-order valence-corrected chi connectivity index (χ2v) is 5.31. The van der Waals surface area contributed by atoms with Crippen molar-refractivity contribution in [2.24, 2.45) is 0 Å². The summed E-state index contributed by atoms with van der Waals surface area (Å²) in [5.41, 5.74) is -2.57. The summed E-state index contributed by atoms with van der Waals surface area (Å²) < 4.78 is 81.5.